The molecule has 0 aliphatic heterocycles. The number of amides is 1. The molecule has 0 unspecified atom stereocenters. The molecule has 0 atom stereocenters. The Kier molecular flexibility index (Phi) is 4.74. The molecule has 2 aromatic carbocycles. The molecule has 0 fully saturated rings. The Morgan fingerprint density at radius 1 is 0.964 bits per heavy atom. The van der Waals surface area contributed by atoms with Crippen molar-refractivity contribution in [3.63, 3.8) is 0 Å². The van der Waals surface area contributed by atoms with Gasteiger partial charge in [0, 0.05) is 16.1 Å². The molecule has 28 heavy (non-hydrogen) atoms. The molecule has 2 aromatic heterocycles. The lowest BCUT2D eigenvalue weighted by Crippen LogP contribution is -2.11. The van der Waals surface area contributed by atoms with E-state index in [1.165, 1.54) is 24.3 Å². The molecule has 1 N–H and O–H groups in total. The van der Waals surface area contributed by atoms with Gasteiger partial charge in [0.1, 0.15) is 0 Å². The molecule has 140 valence electrons. The number of sulfone groups is 1. The van der Waals surface area contributed by atoms with E-state index in [1.807, 2.05) is 12.1 Å². The van der Waals surface area contributed by atoms with Crippen LogP contribution in [0.15, 0.2) is 91.8 Å². The number of benzene rings is 2. The van der Waals surface area contributed by atoms with E-state index in [4.69, 9.17) is 4.42 Å². The highest BCUT2D eigenvalue weighted by Crippen LogP contribution is 2.26. The molecule has 0 aliphatic rings. The molecule has 8 heteroatoms. The van der Waals surface area contributed by atoms with Crippen molar-refractivity contribution < 1.29 is 17.6 Å². The molecule has 2 heterocycles. The van der Waals surface area contributed by atoms with Crippen LogP contribution < -0.4 is 5.32 Å². The van der Waals surface area contributed by atoms with Crippen LogP contribution in [-0.4, -0.2) is 19.3 Å². The number of nitrogens with one attached hydrogen (secondary N) is 1. The highest BCUT2D eigenvalue weighted by atomic mass is 79.9. The summed E-state index contributed by atoms with van der Waals surface area (Å²) < 4.78 is 31.4. The molecular weight excluding hydrogens is 444 g/mol. The Morgan fingerprint density at radius 3 is 2.50 bits per heavy atom. The van der Waals surface area contributed by atoms with Gasteiger partial charge in [-0.3, -0.25) is 9.78 Å². The van der Waals surface area contributed by atoms with E-state index in [0.717, 1.165) is 9.86 Å². The first kappa shape index (κ1) is 18.4. The van der Waals surface area contributed by atoms with E-state index in [1.54, 1.807) is 36.5 Å². The molecule has 0 saturated heterocycles. The number of halogens is 1. The van der Waals surface area contributed by atoms with Crippen molar-refractivity contribution in [1.82, 2.24) is 4.98 Å². The molecule has 0 spiro atoms. The van der Waals surface area contributed by atoms with Crippen molar-refractivity contribution in [3.8, 4) is 0 Å². The monoisotopic (exact) mass is 456 g/mol. The summed E-state index contributed by atoms with van der Waals surface area (Å²) >= 11 is 3.26. The van der Waals surface area contributed by atoms with Crippen LogP contribution in [0.1, 0.15) is 10.6 Å². The van der Waals surface area contributed by atoms with Gasteiger partial charge in [-0.1, -0.05) is 34.1 Å². The molecule has 0 radical (unpaired) electrons. The SMILES string of the molecule is O=C(Nc1cccc2cccnc12)c1ccc(S(=O)(=O)c2ccc(Br)cc2)o1. The smallest absolute Gasteiger partial charge is 0.291 e. The molecule has 4 rings (SSSR count). The van der Waals surface area contributed by atoms with Crippen molar-refractivity contribution in [2.24, 2.45) is 0 Å². The maximum atomic E-state index is 12.7. The van der Waals surface area contributed by atoms with Crippen molar-refractivity contribution in [2.45, 2.75) is 9.99 Å². The summed E-state index contributed by atoms with van der Waals surface area (Å²) in [5, 5.41) is 3.30. The molecule has 0 bridgehead atoms. The van der Waals surface area contributed by atoms with Crippen molar-refractivity contribution in [3.05, 3.63) is 83.2 Å². The predicted molar refractivity (Wildman–Crippen MR) is 108 cm³/mol. The lowest BCUT2D eigenvalue weighted by atomic mass is 10.2. The van der Waals surface area contributed by atoms with E-state index < -0.39 is 15.7 Å². The zero-order valence-electron chi connectivity index (χ0n) is 14.3. The summed E-state index contributed by atoms with van der Waals surface area (Å²) in [4.78, 5) is 16.9. The first-order chi connectivity index (χ1) is 13.4. The van der Waals surface area contributed by atoms with E-state index >= 15 is 0 Å². The van der Waals surface area contributed by atoms with Crippen LogP contribution in [0.5, 0.6) is 0 Å². The average molecular weight is 457 g/mol. The normalized spacial score (nSPS) is 11.5. The second-order valence-electron chi connectivity index (χ2n) is 5.91. The first-order valence-corrected chi connectivity index (χ1v) is 10.5. The topological polar surface area (TPSA) is 89.3 Å². The maximum Gasteiger partial charge on any atom is 0.291 e. The van der Waals surface area contributed by atoms with Gasteiger partial charge in [0.15, 0.2) is 5.76 Å². The Bertz CT molecular complexity index is 1280. The first-order valence-electron chi connectivity index (χ1n) is 8.21. The number of anilines is 1. The minimum absolute atomic E-state index is 0.0789. The largest absolute Gasteiger partial charge is 0.439 e. The van der Waals surface area contributed by atoms with Crippen LogP contribution in [-0.2, 0) is 9.84 Å². The zero-order valence-corrected chi connectivity index (χ0v) is 16.7. The van der Waals surface area contributed by atoms with E-state index in [9.17, 15) is 13.2 Å². The van der Waals surface area contributed by atoms with Crippen LogP contribution in [0, 0.1) is 0 Å². The second-order valence-corrected chi connectivity index (χ2v) is 8.71. The fraction of sp³-hybridized carbons (Fsp3) is 0. The van der Waals surface area contributed by atoms with Gasteiger partial charge in [-0.2, -0.15) is 0 Å². The van der Waals surface area contributed by atoms with Gasteiger partial charge in [-0.05, 0) is 48.5 Å². The number of rotatable bonds is 4. The Morgan fingerprint density at radius 2 is 1.71 bits per heavy atom. The molecular formula is C20H13BrN2O4S. The molecule has 0 saturated carbocycles. The number of para-hydroxylation sites is 1. The summed E-state index contributed by atoms with van der Waals surface area (Å²) in [5.74, 6) is -0.668. The number of furan rings is 1. The number of fused-ring (bicyclic) bond motifs is 1. The number of nitrogens with zero attached hydrogens (tertiary/aromatic N) is 1. The average Bonchev–Trinajstić information content (AvgIpc) is 3.20. The predicted octanol–water partition coefficient (Wildman–Crippen LogP) is 4.68. The van der Waals surface area contributed by atoms with E-state index in [-0.39, 0.29) is 15.7 Å². The third kappa shape index (κ3) is 3.44. The number of hydrogen-bond acceptors (Lipinski definition) is 5. The lowest BCUT2D eigenvalue weighted by Gasteiger charge is -2.06. The third-order valence-corrected chi connectivity index (χ3v) is 6.25. The third-order valence-electron chi connectivity index (χ3n) is 4.07. The van der Waals surface area contributed by atoms with Crippen molar-refractivity contribution >= 4 is 48.3 Å². The summed E-state index contributed by atoms with van der Waals surface area (Å²) in [7, 11) is -3.86. The van der Waals surface area contributed by atoms with Crippen LogP contribution in [0.3, 0.4) is 0 Å². The van der Waals surface area contributed by atoms with Crippen LogP contribution in [0.25, 0.3) is 10.9 Å². The van der Waals surface area contributed by atoms with E-state index in [2.05, 4.69) is 26.2 Å². The van der Waals surface area contributed by atoms with Gasteiger partial charge >= 0.3 is 0 Å². The van der Waals surface area contributed by atoms with E-state index in [0.29, 0.717) is 11.2 Å². The number of hydrogen-bond donors (Lipinski definition) is 1. The summed E-state index contributed by atoms with van der Waals surface area (Å²) in [6.45, 7) is 0. The molecule has 6 nitrogen and oxygen atoms in total. The van der Waals surface area contributed by atoms with Gasteiger partial charge in [-0.25, -0.2) is 8.42 Å². The van der Waals surface area contributed by atoms with Crippen molar-refractivity contribution in [2.75, 3.05) is 5.32 Å². The van der Waals surface area contributed by atoms with Gasteiger partial charge in [0.2, 0.25) is 14.9 Å². The minimum atomic E-state index is -3.86. The maximum absolute atomic E-state index is 12.7. The minimum Gasteiger partial charge on any atom is -0.439 e. The van der Waals surface area contributed by atoms with Crippen LogP contribution in [0.2, 0.25) is 0 Å². The van der Waals surface area contributed by atoms with Gasteiger partial charge in [0.25, 0.3) is 5.91 Å². The molecule has 0 aliphatic carbocycles. The standard InChI is InChI=1S/C20H13BrN2O4S/c21-14-6-8-15(9-7-14)28(25,26)18-11-10-17(27-18)20(24)23-16-5-1-3-13-4-2-12-22-19(13)16/h1-12H,(H,23,24). The van der Waals surface area contributed by atoms with Crippen molar-refractivity contribution in [1.29, 1.82) is 0 Å². The number of carbonyl (C=O) groups excluding carboxylic acids is 1. The van der Waals surface area contributed by atoms with Gasteiger partial charge < -0.3 is 9.73 Å². The Hall–Kier alpha value is -2.97. The second kappa shape index (κ2) is 7.21. The molecule has 4 aromatic rings. The number of pyridine rings is 1. The quantitative estimate of drug-likeness (QED) is 0.481. The summed E-state index contributed by atoms with van der Waals surface area (Å²) in [6, 6.07) is 17.9. The molecule has 1 amide bonds. The highest BCUT2D eigenvalue weighted by Gasteiger charge is 2.23. The lowest BCUT2D eigenvalue weighted by molar-refractivity contribution is 0.0991. The Labute approximate surface area is 169 Å². The number of carbonyl (C=O) groups is 1. The fourth-order valence-corrected chi connectivity index (χ4v) is 4.14. The van der Waals surface area contributed by atoms with Crippen LogP contribution in [0.4, 0.5) is 5.69 Å². The fourth-order valence-electron chi connectivity index (χ4n) is 2.71. The van der Waals surface area contributed by atoms with Gasteiger partial charge in [0.05, 0.1) is 16.1 Å². The summed E-state index contributed by atoms with van der Waals surface area (Å²) in [6.07, 6.45) is 1.63. The zero-order chi connectivity index (χ0) is 19.7. The number of aromatic nitrogens is 1. The Balaban J connectivity index is 1.62. The van der Waals surface area contributed by atoms with Crippen LogP contribution >= 0.6 is 15.9 Å². The summed E-state index contributed by atoms with van der Waals surface area (Å²) in [5.41, 5.74) is 1.14. The highest BCUT2D eigenvalue weighted by molar-refractivity contribution is 9.10. The van der Waals surface area contributed by atoms with Gasteiger partial charge in [-0.15, -0.1) is 0 Å².